The summed E-state index contributed by atoms with van der Waals surface area (Å²) in [4.78, 5) is 12.1. The highest BCUT2D eigenvalue weighted by molar-refractivity contribution is 7.90. The third-order valence-corrected chi connectivity index (χ3v) is 4.79. The van der Waals surface area contributed by atoms with Crippen molar-refractivity contribution in [2.45, 2.75) is 17.7 Å². The first-order valence-corrected chi connectivity index (χ1v) is 7.33. The maximum atomic E-state index is 12.1. The van der Waals surface area contributed by atoms with Crippen LogP contribution in [0, 0.1) is 0 Å². The standard InChI is InChI=1S/C12H16N2O3S/c1-13-8-4-5-9-14-12(15)10-6-2-3-7-11(10)18(14,16)17/h2-3,6-7,13H,4-5,8-9H2,1H3. The zero-order chi connectivity index (χ0) is 13.2. The number of carbonyl (C=O) groups is 1. The maximum Gasteiger partial charge on any atom is 0.269 e. The SMILES string of the molecule is CNCCCCN1C(=O)c2ccccc2S1(=O)=O. The molecule has 1 aliphatic rings. The zero-order valence-corrected chi connectivity index (χ0v) is 11.0. The van der Waals surface area contributed by atoms with Gasteiger partial charge in [0.15, 0.2) is 0 Å². The van der Waals surface area contributed by atoms with Gasteiger partial charge in [-0.15, -0.1) is 0 Å². The molecule has 0 aromatic heterocycles. The number of unbranched alkanes of at least 4 members (excludes halogenated alkanes) is 1. The van der Waals surface area contributed by atoms with Crippen molar-refractivity contribution in [2.24, 2.45) is 0 Å². The van der Waals surface area contributed by atoms with E-state index in [-0.39, 0.29) is 17.0 Å². The van der Waals surface area contributed by atoms with Gasteiger partial charge in [0.05, 0.1) is 5.56 Å². The summed E-state index contributed by atoms with van der Waals surface area (Å²) in [6.45, 7) is 1.06. The molecule has 1 aliphatic heterocycles. The van der Waals surface area contributed by atoms with Crippen LogP contribution in [0.5, 0.6) is 0 Å². The minimum Gasteiger partial charge on any atom is -0.320 e. The van der Waals surface area contributed by atoms with Crippen LogP contribution in [0.2, 0.25) is 0 Å². The van der Waals surface area contributed by atoms with E-state index in [9.17, 15) is 13.2 Å². The third-order valence-electron chi connectivity index (χ3n) is 2.95. The number of fused-ring (bicyclic) bond motifs is 1. The van der Waals surface area contributed by atoms with E-state index in [0.717, 1.165) is 17.3 Å². The Kier molecular flexibility index (Phi) is 3.68. The van der Waals surface area contributed by atoms with Crippen molar-refractivity contribution in [3.63, 3.8) is 0 Å². The van der Waals surface area contributed by atoms with Crippen molar-refractivity contribution < 1.29 is 13.2 Å². The maximum absolute atomic E-state index is 12.1. The van der Waals surface area contributed by atoms with Gasteiger partial charge in [-0.25, -0.2) is 12.7 Å². The Hall–Kier alpha value is -1.40. The first-order chi connectivity index (χ1) is 8.59. The monoisotopic (exact) mass is 268 g/mol. The highest BCUT2D eigenvalue weighted by Crippen LogP contribution is 2.29. The Morgan fingerprint density at radius 2 is 1.94 bits per heavy atom. The molecule has 1 amide bonds. The molecule has 98 valence electrons. The second-order valence-electron chi connectivity index (χ2n) is 4.19. The number of amides is 1. The van der Waals surface area contributed by atoms with E-state index in [1.807, 2.05) is 7.05 Å². The average Bonchev–Trinajstić information content (AvgIpc) is 2.55. The van der Waals surface area contributed by atoms with E-state index in [2.05, 4.69) is 5.32 Å². The number of hydrogen-bond acceptors (Lipinski definition) is 4. The topological polar surface area (TPSA) is 66.5 Å². The van der Waals surface area contributed by atoms with Crippen molar-refractivity contribution >= 4 is 15.9 Å². The third kappa shape index (κ3) is 2.13. The number of carbonyl (C=O) groups excluding carboxylic acids is 1. The van der Waals surface area contributed by atoms with Crippen molar-refractivity contribution in [1.29, 1.82) is 0 Å². The fraction of sp³-hybridized carbons (Fsp3) is 0.417. The van der Waals surface area contributed by atoms with Crippen molar-refractivity contribution in [3.8, 4) is 0 Å². The van der Waals surface area contributed by atoms with Gasteiger partial charge >= 0.3 is 0 Å². The van der Waals surface area contributed by atoms with Crippen molar-refractivity contribution in [2.75, 3.05) is 20.1 Å². The highest BCUT2D eigenvalue weighted by atomic mass is 32.2. The lowest BCUT2D eigenvalue weighted by Crippen LogP contribution is -2.31. The molecule has 1 heterocycles. The Morgan fingerprint density at radius 3 is 2.61 bits per heavy atom. The molecule has 1 N–H and O–H groups in total. The van der Waals surface area contributed by atoms with Gasteiger partial charge in [-0.1, -0.05) is 12.1 Å². The van der Waals surface area contributed by atoms with Crippen LogP contribution >= 0.6 is 0 Å². The van der Waals surface area contributed by atoms with Crippen molar-refractivity contribution in [1.82, 2.24) is 9.62 Å². The molecule has 18 heavy (non-hydrogen) atoms. The predicted octanol–water partition coefficient (Wildman–Crippen LogP) is 0.831. The summed E-state index contributed by atoms with van der Waals surface area (Å²) >= 11 is 0. The molecule has 0 atom stereocenters. The summed E-state index contributed by atoms with van der Waals surface area (Å²) in [5.74, 6) is -0.407. The van der Waals surface area contributed by atoms with E-state index in [1.165, 1.54) is 6.07 Å². The van der Waals surface area contributed by atoms with Gasteiger partial charge in [-0.05, 0) is 38.6 Å². The van der Waals surface area contributed by atoms with E-state index >= 15 is 0 Å². The molecule has 0 bridgehead atoms. The molecule has 0 saturated carbocycles. The van der Waals surface area contributed by atoms with Gasteiger partial charge in [-0.3, -0.25) is 4.79 Å². The van der Waals surface area contributed by atoms with E-state index in [4.69, 9.17) is 0 Å². The Morgan fingerprint density at radius 1 is 1.22 bits per heavy atom. The molecular formula is C12H16N2O3S. The first-order valence-electron chi connectivity index (χ1n) is 5.89. The Bertz CT molecular complexity index is 554. The van der Waals surface area contributed by atoms with Crippen LogP contribution in [0.15, 0.2) is 29.2 Å². The molecule has 0 unspecified atom stereocenters. The van der Waals surface area contributed by atoms with E-state index < -0.39 is 15.9 Å². The number of benzene rings is 1. The molecule has 1 aromatic rings. The fourth-order valence-corrected chi connectivity index (χ4v) is 3.62. The summed E-state index contributed by atoms with van der Waals surface area (Å²) in [5.41, 5.74) is 0.283. The molecule has 0 fully saturated rings. The van der Waals surface area contributed by atoms with Crippen LogP contribution in [0.4, 0.5) is 0 Å². The molecule has 0 aliphatic carbocycles. The minimum atomic E-state index is -3.62. The lowest BCUT2D eigenvalue weighted by atomic mass is 10.2. The van der Waals surface area contributed by atoms with Crippen LogP contribution in [0.3, 0.4) is 0 Å². The number of hydrogen-bond donors (Lipinski definition) is 1. The smallest absolute Gasteiger partial charge is 0.269 e. The van der Waals surface area contributed by atoms with Crippen molar-refractivity contribution in [3.05, 3.63) is 29.8 Å². The largest absolute Gasteiger partial charge is 0.320 e. The Balaban J connectivity index is 2.18. The van der Waals surface area contributed by atoms with Gasteiger partial charge in [0.1, 0.15) is 4.90 Å². The number of sulfonamides is 1. The Labute approximate surface area is 107 Å². The number of rotatable bonds is 5. The van der Waals surface area contributed by atoms with Gasteiger partial charge in [0.2, 0.25) is 0 Å². The summed E-state index contributed by atoms with van der Waals surface area (Å²) in [5, 5.41) is 2.99. The molecule has 0 spiro atoms. The lowest BCUT2D eigenvalue weighted by Gasteiger charge is -2.14. The van der Waals surface area contributed by atoms with Gasteiger partial charge in [0.25, 0.3) is 15.9 Å². The van der Waals surface area contributed by atoms with Gasteiger partial charge in [-0.2, -0.15) is 0 Å². The lowest BCUT2D eigenvalue weighted by molar-refractivity contribution is 0.0869. The molecule has 5 nitrogen and oxygen atoms in total. The first kappa shape index (κ1) is 13.0. The molecule has 6 heteroatoms. The quantitative estimate of drug-likeness (QED) is 0.803. The fourth-order valence-electron chi connectivity index (χ4n) is 2.01. The summed E-state index contributed by atoms with van der Waals surface area (Å²) < 4.78 is 25.3. The average molecular weight is 268 g/mol. The molecule has 0 radical (unpaired) electrons. The summed E-state index contributed by atoms with van der Waals surface area (Å²) in [6.07, 6.45) is 1.51. The van der Waals surface area contributed by atoms with Crippen LogP contribution in [0.25, 0.3) is 0 Å². The van der Waals surface area contributed by atoms with Gasteiger partial charge < -0.3 is 5.32 Å². The zero-order valence-electron chi connectivity index (χ0n) is 10.2. The highest BCUT2D eigenvalue weighted by Gasteiger charge is 2.40. The minimum absolute atomic E-state index is 0.128. The van der Waals surface area contributed by atoms with Gasteiger partial charge in [0, 0.05) is 6.54 Å². The molecule has 2 rings (SSSR count). The van der Waals surface area contributed by atoms with Crippen LogP contribution in [-0.2, 0) is 10.0 Å². The van der Waals surface area contributed by atoms with E-state index in [0.29, 0.717) is 6.42 Å². The predicted molar refractivity (Wildman–Crippen MR) is 67.8 cm³/mol. The second kappa shape index (κ2) is 5.07. The molecular weight excluding hydrogens is 252 g/mol. The number of nitrogens with zero attached hydrogens (tertiary/aromatic N) is 1. The van der Waals surface area contributed by atoms with E-state index in [1.54, 1.807) is 18.2 Å². The van der Waals surface area contributed by atoms with Crippen LogP contribution in [-0.4, -0.2) is 38.8 Å². The van der Waals surface area contributed by atoms with Crippen LogP contribution < -0.4 is 5.32 Å². The molecule has 0 saturated heterocycles. The second-order valence-corrected chi connectivity index (χ2v) is 6.02. The normalized spacial score (nSPS) is 16.9. The summed E-state index contributed by atoms with van der Waals surface area (Å²) in [6, 6.07) is 6.35. The summed E-state index contributed by atoms with van der Waals surface area (Å²) in [7, 11) is -1.78. The number of nitrogens with one attached hydrogen (secondary N) is 1. The van der Waals surface area contributed by atoms with Crippen LogP contribution in [0.1, 0.15) is 23.2 Å². The molecule has 1 aromatic carbocycles.